The molecule has 1 rings (SSSR count). The Labute approximate surface area is 107 Å². The molecule has 0 aliphatic rings. The van der Waals surface area contributed by atoms with Gasteiger partial charge in [-0.05, 0) is 17.7 Å². The molecule has 0 aliphatic carbocycles. The molecule has 0 aliphatic heterocycles. The average molecular weight is 253 g/mol. The normalized spacial score (nSPS) is 12.2. The van der Waals surface area contributed by atoms with Crippen molar-refractivity contribution in [3.8, 4) is 0 Å². The van der Waals surface area contributed by atoms with E-state index in [4.69, 9.17) is 14.6 Å². The molecule has 0 saturated heterocycles. The van der Waals surface area contributed by atoms with Crippen molar-refractivity contribution in [3.63, 3.8) is 0 Å². The van der Waals surface area contributed by atoms with Crippen LogP contribution in [0, 0.1) is 0 Å². The minimum atomic E-state index is -0.388. The molecule has 18 heavy (non-hydrogen) atoms. The molecule has 0 aromatic heterocycles. The summed E-state index contributed by atoms with van der Waals surface area (Å²) in [4.78, 5) is 11.8. The van der Waals surface area contributed by atoms with Gasteiger partial charge in [-0.15, -0.1) is 0 Å². The van der Waals surface area contributed by atoms with Crippen LogP contribution in [0.25, 0.3) is 0 Å². The van der Waals surface area contributed by atoms with E-state index in [9.17, 15) is 4.79 Å². The molecule has 0 saturated carbocycles. The first-order valence-corrected chi connectivity index (χ1v) is 5.69. The largest absolute Gasteiger partial charge is 0.394 e. The number of ether oxygens (including phenoxy) is 2. The van der Waals surface area contributed by atoms with Crippen LogP contribution in [0.4, 0.5) is 0 Å². The number of benzene rings is 1. The van der Waals surface area contributed by atoms with Gasteiger partial charge in [0.15, 0.2) is 0 Å². The number of methoxy groups -OCH3 is 2. The highest BCUT2D eigenvalue weighted by Crippen LogP contribution is 2.05. The number of carbonyl (C=O) groups is 1. The van der Waals surface area contributed by atoms with Crippen LogP contribution >= 0.6 is 0 Å². The average Bonchev–Trinajstić information content (AvgIpc) is 2.39. The van der Waals surface area contributed by atoms with Crippen LogP contribution in [-0.4, -0.2) is 44.5 Å². The zero-order chi connectivity index (χ0) is 13.4. The monoisotopic (exact) mass is 253 g/mol. The molecule has 100 valence electrons. The van der Waals surface area contributed by atoms with Gasteiger partial charge in [0, 0.05) is 19.8 Å². The third kappa shape index (κ3) is 4.44. The Morgan fingerprint density at radius 2 is 1.94 bits per heavy atom. The van der Waals surface area contributed by atoms with Crippen LogP contribution in [0.5, 0.6) is 0 Å². The summed E-state index contributed by atoms with van der Waals surface area (Å²) >= 11 is 0. The third-order valence-electron chi connectivity index (χ3n) is 2.45. The Balaban J connectivity index is 2.60. The van der Waals surface area contributed by atoms with E-state index in [1.165, 1.54) is 7.11 Å². The molecule has 2 N–H and O–H groups in total. The highest BCUT2D eigenvalue weighted by Gasteiger charge is 2.12. The number of hydrogen-bond donors (Lipinski definition) is 2. The van der Waals surface area contributed by atoms with E-state index in [-0.39, 0.29) is 25.2 Å². The van der Waals surface area contributed by atoms with Crippen LogP contribution in [0.1, 0.15) is 15.9 Å². The van der Waals surface area contributed by atoms with Crippen molar-refractivity contribution >= 4 is 5.91 Å². The van der Waals surface area contributed by atoms with Crippen LogP contribution in [0.2, 0.25) is 0 Å². The van der Waals surface area contributed by atoms with Crippen molar-refractivity contribution < 1.29 is 19.4 Å². The number of aliphatic hydroxyl groups excluding tert-OH is 1. The van der Waals surface area contributed by atoms with E-state index in [0.717, 1.165) is 5.56 Å². The predicted molar refractivity (Wildman–Crippen MR) is 67.4 cm³/mol. The number of aliphatic hydroxyl groups is 1. The van der Waals surface area contributed by atoms with Gasteiger partial charge in [-0.25, -0.2) is 0 Å². The highest BCUT2D eigenvalue weighted by molar-refractivity contribution is 5.94. The number of hydrogen-bond acceptors (Lipinski definition) is 4. The molecule has 1 unspecified atom stereocenters. The van der Waals surface area contributed by atoms with E-state index < -0.39 is 0 Å². The second-order valence-electron chi connectivity index (χ2n) is 3.94. The van der Waals surface area contributed by atoms with Gasteiger partial charge in [0.2, 0.25) is 0 Å². The van der Waals surface area contributed by atoms with Gasteiger partial charge in [-0.1, -0.05) is 12.1 Å². The topological polar surface area (TPSA) is 67.8 Å². The summed E-state index contributed by atoms with van der Waals surface area (Å²) in [7, 11) is 3.14. The number of amides is 1. The van der Waals surface area contributed by atoms with Crippen molar-refractivity contribution in [1.29, 1.82) is 0 Å². The summed E-state index contributed by atoms with van der Waals surface area (Å²) in [6, 6.07) is 6.74. The van der Waals surface area contributed by atoms with Crippen LogP contribution in [0.15, 0.2) is 24.3 Å². The summed E-state index contributed by atoms with van der Waals surface area (Å²) in [6.45, 7) is 0.649. The molecule has 5 heteroatoms. The smallest absolute Gasteiger partial charge is 0.251 e. The molecule has 1 aromatic rings. The summed E-state index contributed by atoms with van der Waals surface area (Å²) in [5, 5.41) is 11.7. The van der Waals surface area contributed by atoms with Gasteiger partial charge in [-0.2, -0.15) is 0 Å². The van der Waals surface area contributed by atoms with E-state index >= 15 is 0 Å². The summed E-state index contributed by atoms with van der Waals surface area (Å²) in [6.07, 6.45) is 0. The molecule has 1 atom stereocenters. The number of nitrogens with one attached hydrogen (secondary N) is 1. The second kappa shape index (κ2) is 7.81. The molecule has 5 nitrogen and oxygen atoms in total. The molecule has 0 bridgehead atoms. The summed E-state index contributed by atoms with van der Waals surface area (Å²) in [5.74, 6) is -0.227. The van der Waals surface area contributed by atoms with E-state index in [1.54, 1.807) is 19.2 Å². The lowest BCUT2D eigenvalue weighted by molar-refractivity contribution is 0.0839. The Morgan fingerprint density at radius 1 is 1.28 bits per heavy atom. The van der Waals surface area contributed by atoms with Gasteiger partial charge in [-0.3, -0.25) is 4.79 Å². The van der Waals surface area contributed by atoms with Crippen molar-refractivity contribution in [2.24, 2.45) is 0 Å². The van der Waals surface area contributed by atoms with Crippen molar-refractivity contribution in [3.05, 3.63) is 35.4 Å². The molecule has 0 radical (unpaired) electrons. The lowest BCUT2D eigenvalue weighted by Gasteiger charge is -2.15. The number of rotatable bonds is 7. The van der Waals surface area contributed by atoms with Crippen molar-refractivity contribution in [2.75, 3.05) is 27.4 Å². The summed E-state index contributed by atoms with van der Waals surface area (Å²) in [5.41, 5.74) is 1.55. The lowest BCUT2D eigenvalue weighted by atomic mass is 10.1. The van der Waals surface area contributed by atoms with Crippen molar-refractivity contribution in [1.82, 2.24) is 5.32 Å². The van der Waals surface area contributed by atoms with E-state index in [1.807, 2.05) is 12.1 Å². The zero-order valence-electron chi connectivity index (χ0n) is 10.7. The summed E-state index contributed by atoms with van der Waals surface area (Å²) < 4.78 is 9.88. The van der Waals surface area contributed by atoms with Gasteiger partial charge in [0.25, 0.3) is 5.91 Å². The molecule has 0 fully saturated rings. The quantitative estimate of drug-likeness (QED) is 0.745. The van der Waals surface area contributed by atoms with Gasteiger partial charge < -0.3 is 19.9 Å². The molecule has 1 amide bonds. The van der Waals surface area contributed by atoms with Crippen molar-refractivity contribution in [2.45, 2.75) is 12.6 Å². The first-order valence-electron chi connectivity index (χ1n) is 5.69. The number of carbonyl (C=O) groups excluding carboxylic acids is 1. The minimum absolute atomic E-state index is 0.151. The SMILES string of the molecule is COCc1ccc(C(=O)NC(CO)COC)cc1. The predicted octanol–water partition coefficient (Wildman–Crippen LogP) is 0.570. The maximum Gasteiger partial charge on any atom is 0.251 e. The molecular formula is C13H19NO4. The Hall–Kier alpha value is -1.43. The maximum atomic E-state index is 11.8. The lowest BCUT2D eigenvalue weighted by Crippen LogP contribution is -2.40. The van der Waals surface area contributed by atoms with Gasteiger partial charge in [0.1, 0.15) is 0 Å². The van der Waals surface area contributed by atoms with E-state index in [2.05, 4.69) is 5.32 Å². The minimum Gasteiger partial charge on any atom is -0.394 e. The van der Waals surface area contributed by atoms with Gasteiger partial charge in [0.05, 0.1) is 25.9 Å². The Morgan fingerprint density at radius 3 is 2.44 bits per heavy atom. The fraction of sp³-hybridized carbons (Fsp3) is 0.462. The third-order valence-corrected chi connectivity index (χ3v) is 2.45. The molecular weight excluding hydrogens is 234 g/mol. The first kappa shape index (κ1) is 14.6. The second-order valence-corrected chi connectivity index (χ2v) is 3.94. The maximum absolute atomic E-state index is 11.8. The zero-order valence-corrected chi connectivity index (χ0v) is 10.7. The first-order chi connectivity index (χ1) is 8.71. The van der Waals surface area contributed by atoms with Crippen LogP contribution < -0.4 is 5.32 Å². The van der Waals surface area contributed by atoms with E-state index in [0.29, 0.717) is 12.2 Å². The standard InChI is InChI=1S/C13H19NO4/c1-17-8-10-3-5-11(6-4-10)13(16)14-12(7-15)9-18-2/h3-6,12,15H,7-9H2,1-2H3,(H,14,16). The highest BCUT2D eigenvalue weighted by atomic mass is 16.5. The Kier molecular flexibility index (Phi) is 6.35. The van der Waals surface area contributed by atoms with Crippen LogP contribution in [-0.2, 0) is 16.1 Å². The Bertz CT molecular complexity index is 364. The fourth-order valence-corrected chi connectivity index (χ4v) is 1.53. The molecule has 1 aromatic carbocycles. The molecule has 0 heterocycles. The molecule has 0 spiro atoms. The fourth-order valence-electron chi connectivity index (χ4n) is 1.53. The van der Waals surface area contributed by atoms with Gasteiger partial charge >= 0.3 is 0 Å². The van der Waals surface area contributed by atoms with Crippen LogP contribution in [0.3, 0.4) is 0 Å².